The number of hydrogen-bond acceptors (Lipinski definition) is 8. The minimum Gasteiger partial charge on any atom is -0.385 e. The predicted molar refractivity (Wildman–Crippen MR) is 149 cm³/mol. The average Bonchev–Trinajstić information content (AvgIpc) is 3.53. The van der Waals surface area contributed by atoms with Gasteiger partial charge in [-0.25, -0.2) is 4.98 Å². The third-order valence-corrected chi connectivity index (χ3v) is 8.25. The zero-order chi connectivity index (χ0) is 28.1. The van der Waals surface area contributed by atoms with Gasteiger partial charge in [-0.05, 0) is 61.9 Å². The molecule has 1 aliphatic carbocycles. The Labute approximate surface area is 235 Å². The van der Waals surface area contributed by atoms with Gasteiger partial charge in [0, 0.05) is 30.4 Å². The standard InChI is InChI=1S/C30H27N7O4/c38-27-8-7-26(28(39)35-27)37-29(40)21-6-5-19(13-22(21)30(37)41)31-10-9-17-11-20(12-17)36-16-18(14-33-36)25-15-32-23-3-1-2-4-24(23)34-25/h1-6,13-17,20,26,31H,7-12H2,(H,35,38,39). The molecule has 4 heterocycles. The Kier molecular flexibility index (Phi) is 6.06. The van der Waals surface area contributed by atoms with Crippen LogP contribution in [0.25, 0.3) is 22.3 Å². The van der Waals surface area contributed by atoms with Gasteiger partial charge >= 0.3 is 0 Å². The second-order valence-electron chi connectivity index (χ2n) is 10.9. The van der Waals surface area contributed by atoms with E-state index in [1.165, 1.54) is 0 Å². The Balaban J connectivity index is 0.924. The SMILES string of the molecule is O=C1CCC(N2C(=O)c3ccc(NCCC4CC(n5cc(-c6cnc7ccccc7n6)cn5)C4)cc3C2=O)C(=O)N1. The van der Waals surface area contributed by atoms with Crippen LogP contribution in [-0.4, -0.2) is 60.9 Å². The summed E-state index contributed by atoms with van der Waals surface area (Å²) < 4.78 is 2.02. The molecule has 7 rings (SSSR count). The van der Waals surface area contributed by atoms with E-state index in [1.807, 2.05) is 41.3 Å². The summed E-state index contributed by atoms with van der Waals surface area (Å²) in [6.07, 6.45) is 8.93. The Hall–Kier alpha value is -4.93. The summed E-state index contributed by atoms with van der Waals surface area (Å²) >= 11 is 0. The molecular formula is C30H27N7O4. The molecule has 206 valence electrons. The van der Waals surface area contributed by atoms with Gasteiger partial charge in [0.2, 0.25) is 11.8 Å². The van der Waals surface area contributed by atoms with Crippen molar-refractivity contribution in [1.82, 2.24) is 30.0 Å². The minimum absolute atomic E-state index is 0.0966. The van der Waals surface area contributed by atoms with Crippen LogP contribution in [0.4, 0.5) is 5.69 Å². The van der Waals surface area contributed by atoms with E-state index in [-0.39, 0.29) is 24.0 Å². The smallest absolute Gasteiger partial charge is 0.262 e. The lowest BCUT2D eigenvalue weighted by Crippen LogP contribution is -2.54. The van der Waals surface area contributed by atoms with Gasteiger partial charge in [-0.2, -0.15) is 5.10 Å². The first-order chi connectivity index (χ1) is 19.9. The van der Waals surface area contributed by atoms with E-state index in [0.29, 0.717) is 12.0 Å². The van der Waals surface area contributed by atoms with Gasteiger partial charge in [-0.15, -0.1) is 0 Å². The van der Waals surface area contributed by atoms with E-state index < -0.39 is 29.7 Å². The lowest BCUT2D eigenvalue weighted by atomic mass is 9.78. The van der Waals surface area contributed by atoms with Gasteiger partial charge in [-0.3, -0.25) is 39.1 Å². The van der Waals surface area contributed by atoms with Crippen LogP contribution in [0.2, 0.25) is 0 Å². The Morgan fingerprint density at radius 2 is 1.76 bits per heavy atom. The number of aromatic nitrogens is 4. The third-order valence-electron chi connectivity index (χ3n) is 8.25. The van der Waals surface area contributed by atoms with E-state index in [9.17, 15) is 19.2 Å². The highest BCUT2D eigenvalue weighted by Crippen LogP contribution is 2.40. The van der Waals surface area contributed by atoms with Crippen molar-refractivity contribution in [2.45, 2.75) is 44.2 Å². The number of imide groups is 2. The second kappa shape index (κ2) is 9.92. The summed E-state index contributed by atoms with van der Waals surface area (Å²) in [5.74, 6) is -1.44. The number of rotatable bonds is 7. The fourth-order valence-electron chi connectivity index (χ4n) is 5.92. The molecule has 4 amide bonds. The van der Waals surface area contributed by atoms with Crippen molar-refractivity contribution in [3.8, 4) is 11.3 Å². The zero-order valence-corrected chi connectivity index (χ0v) is 22.1. The highest BCUT2D eigenvalue weighted by molar-refractivity contribution is 6.23. The van der Waals surface area contributed by atoms with Gasteiger partial charge in [0.05, 0.1) is 46.3 Å². The third kappa shape index (κ3) is 4.52. The van der Waals surface area contributed by atoms with Crippen molar-refractivity contribution in [2.24, 2.45) is 5.92 Å². The average molecular weight is 550 g/mol. The molecule has 4 aromatic rings. The summed E-state index contributed by atoms with van der Waals surface area (Å²) in [5.41, 5.74) is 4.80. The molecule has 1 unspecified atom stereocenters. The Morgan fingerprint density at radius 3 is 2.59 bits per heavy atom. The molecule has 2 aromatic carbocycles. The van der Waals surface area contributed by atoms with E-state index in [0.717, 1.165) is 58.7 Å². The van der Waals surface area contributed by atoms with Crippen molar-refractivity contribution in [1.29, 1.82) is 0 Å². The van der Waals surface area contributed by atoms with Crippen molar-refractivity contribution >= 4 is 40.3 Å². The molecule has 2 N–H and O–H groups in total. The Bertz CT molecular complexity index is 1720. The number of piperidine rings is 1. The first-order valence-corrected chi connectivity index (χ1v) is 13.8. The largest absolute Gasteiger partial charge is 0.385 e. The molecule has 2 aliphatic heterocycles. The van der Waals surface area contributed by atoms with Gasteiger partial charge in [-0.1, -0.05) is 12.1 Å². The summed E-state index contributed by atoms with van der Waals surface area (Å²) in [5, 5.41) is 10.2. The zero-order valence-electron chi connectivity index (χ0n) is 22.1. The number of benzene rings is 2. The maximum absolute atomic E-state index is 13.0. The van der Waals surface area contributed by atoms with Crippen LogP contribution in [0.5, 0.6) is 0 Å². The normalized spacial score (nSPS) is 22.0. The number of para-hydroxylation sites is 2. The van der Waals surface area contributed by atoms with E-state index in [1.54, 1.807) is 24.4 Å². The maximum Gasteiger partial charge on any atom is 0.262 e. The van der Waals surface area contributed by atoms with Crippen molar-refractivity contribution in [3.05, 3.63) is 72.2 Å². The van der Waals surface area contributed by atoms with Crippen LogP contribution in [0, 0.1) is 5.92 Å². The van der Waals surface area contributed by atoms with E-state index >= 15 is 0 Å². The van der Waals surface area contributed by atoms with Crippen LogP contribution < -0.4 is 10.6 Å². The molecule has 11 nitrogen and oxygen atoms in total. The quantitative estimate of drug-likeness (QED) is 0.335. The second-order valence-corrected chi connectivity index (χ2v) is 10.9. The van der Waals surface area contributed by atoms with Crippen LogP contribution in [0.1, 0.15) is 58.9 Å². The Morgan fingerprint density at radius 1 is 0.951 bits per heavy atom. The fraction of sp³-hybridized carbons (Fsp3) is 0.300. The monoisotopic (exact) mass is 549 g/mol. The van der Waals surface area contributed by atoms with Crippen LogP contribution in [0.15, 0.2) is 61.1 Å². The number of carbonyl (C=O) groups excluding carboxylic acids is 4. The van der Waals surface area contributed by atoms with Gasteiger partial charge in [0.25, 0.3) is 11.8 Å². The molecule has 0 spiro atoms. The fourth-order valence-corrected chi connectivity index (χ4v) is 5.92. The molecule has 41 heavy (non-hydrogen) atoms. The molecule has 0 radical (unpaired) electrons. The molecule has 1 saturated heterocycles. The number of hydrogen-bond donors (Lipinski definition) is 2. The molecule has 1 saturated carbocycles. The summed E-state index contributed by atoms with van der Waals surface area (Å²) in [6, 6.07) is 12.3. The van der Waals surface area contributed by atoms with Crippen LogP contribution in [-0.2, 0) is 9.59 Å². The van der Waals surface area contributed by atoms with Gasteiger partial charge < -0.3 is 5.32 Å². The minimum atomic E-state index is -0.963. The van der Waals surface area contributed by atoms with Crippen LogP contribution >= 0.6 is 0 Å². The van der Waals surface area contributed by atoms with Crippen molar-refractivity contribution in [3.63, 3.8) is 0 Å². The molecule has 3 aliphatic rings. The summed E-state index contributed by atoms with van der Waals surface area (Å²) in [7, 11) is 0. The molecule has 0 bridgehead atoms. The highest BCUT2D eigenvalue weighted by atomic mass is 16.2. The number of fused-ring (bicyclic) bond motifs is 2. The number of amides is 4. The van der Waals surface area contributed by atoms with Crippen molar-refractivity contribution < 1.29 is 19.2 Å². The van der Waals surface area contributed by atoms with E-state index in [4.69, 9.17) is 4.98 Å². The predicted octanol–water partition coefficient (Wildman–Crippen LogP) is 3.35. The molecular weight excluding hydrogens is 522 g/mol. The van der Waals surface area contributed by atoms with Crippen molar-refractivity contribution in [2.75, 3.05) is 11.9 Å². The molecule has 2 aromatic heterocycles. The number of carbonyl (C=O) groups is 4. The molecule has 11 heteroatoms. The van der Waals surface area contributed by atoms with Gasteiger partial charge in [0.15, 0.2) is 0 Å². The molecule has 1 atom stereocenters. The first kappa shape index (κ1) is 25.1. The van der Waals surface area contributed by atoms with Crippen LogP contribution in [0.3, 0.4) is 0 Å². The molecule has 2 fully saturated rings. The number of anilines is 1. The number of nitrogens with one attached hydrogen (secondary N) is 2. The lowest BCUT2D eigenvalue weighted by Gasteiger charge is -2.35. The topological polar surface area (TPSA) is 139 Å². The summed E-state index contributed by atoms with van der Waals surface area (Å²) in [6.45, 7) is 0.728. The van der Waals surface area contributed by atoms with Gasteiger partial charge in [0.1, 0.15) is 6.04 Å². The lowest BCUT2D eigenvalue weighted by molar-refractivity contribution is -0.136. The van der Waals surface area contributed by atoms with E-state index in [2.05, 4.69) is 20.7 Å². The highest BCUT2D eigenvalue weighted by Gasteiger charge is 2.44. The number of nitrogens with zero attached hydrogens (tertiary/aromatic N) is 5. The maximum atomic E-state index is 13.0. The first-order valence-electron chi connectivity index (χ1n) is 13.8. The summed E-state index contributed by atoms with van der Waals surface area (Å²) in [4.78, 5) is 59.9.